The van der Waals surface area contributed by atoms with Crippen LogP contribution in [0.5, 0.6) is 0 Å². The molecule has 6 nitrogen and oxygen atoms in total. The van der Waals surface area contributed by atoms with Gasteiger partial charge in [0.15, 0.2) is 15.7 Å². The van der Waals surface area contributed by atoms with Crippen LogP contribution in [0.4, 0.5) is 0 Å². The Balaban J connectivity index is 1.97. The quantitative estimate of drug-likeness (QED) is 0.294. The number of carbonyl (C=O) groups excluding carboxylic acids is 1. The highest BCUT2D eigenvalue weighted by atomic mass is 32.2. The van der Waals surface area contributed by atoms with Crippen LogP contribution >= 0.6 is 11.8 Å². The van der Waals surface area contributed by atoms with Crippen LogP contribution in [0.1, 0.15) is 19.5 Å². The van der Waals surface area contributed by atoms with E-state index in [1.54, 1.807) is 50.2 Å². The van der Waals surface area contributed by atoms with Gasteiger partial charge in [0.1, 0.15) is 10.3 Å². The Kier molecular flexibility index (Phi) is 7.23. The van der Waals surface area contributed by atoms with E-state index in [0.29, 0.717) is 23.2 Å². The van der Waals surface area contributed by atoms with Crippen molar-refractivity contribution < 1.29 is 17.9 Å². The van der Waals surface area contributed by atoms with Crippen molar-refractivity contribution in [3.05, 3.63) is 72.4 Å². The van der Waals surface area contributed by atoms with Crippen molar-refractivity contribution in [3.63, 3.8) is 0 Å². The van der Waals surface area contributed by atoms with E-state index in [1.165, 1.54) is 11.8 Å². The minimum absolute atomic E-state index is 0.235. The van der Waals surface area contributed by atoms with Crippen LogP contribution in [0.15, 0.2) is 76.7 Å². The van der Waals surface area contributed by atoms with Crippen molar-refractivity contribution >= 4 is 27.6 Å². The minimum atomic E-state index is -3.57. The Morgan fingerprint density at radius 2 is 1.67 bits per heavy atom. The van der Waals surface area contributed by atoms with Gasteiger partial charge in [-0.1, -0.05) is 60.3 Å². The highest BCUT2D eigenvalue weighted by molar-refractivity contribution is 8.00. The molecule has 0 saturated heterocycles. The lowest BCUT2D eigenvalue weighted by Crippen LogP contribution is -2.17. The number of benzene rings is 2. The summed E-state index contributed by atoms with van der Waals surface area (Å²) in [6.07, 6.45) is 0. The average molecular weight is 443 g/mol. The molecule has 0 radical (unpaired) electrons. The zero-order valence-corrected chi connectivity index (χ0v) is 18.3. The molecule has 0 N–H and O–H groups in total. The van der Waals surface area contributed by atoms with Crippen molar-refractivity contribution in [1.82, 2.24) is 9.97 Å². The molecule has 0 fully saturated rings. The highest BCUT2D eigenvalue weighted by Gasteiger charge is 2.21. The molecule has 8 heteroatoms. The van der Waals surface area contributed by atoms with Gasteiger partial charge in [0.05, 0.1) is 22.9 Å². The topological polar surface area (TPSA) is 86.2 Å². The van der Waals surface area contributed by atoms with E-state index in [0.717, 1.165) is 5.56 Å². The van der Waals surface area contributed by atoms with Gasteiger partial charge in [0.2, 0.25) is 0 Å². The van der Waals surface area contributed by atoms with E-state index >= 15 is 0 Å². The zero-order valence-electron chi connectivity index (χ0n) is 16.7. The van der Waals surface area contributed by atoms with Crippen LogP contribution in [-0.4, -0.2) is 36.2 Å². The molecule has 30 heavy (non-hydrogen) atoms. The second kappa shape index (κ2) is 9.86. The summed E-state index contributed by atoms with van der Waals surface area (Å²) >= 11 is 1.22. The average Bonchev–Trinajstić information content (AvgIpc) is 2.74. The summed E-state index contributed by atoms with van der Waals surface area (Å²) < 4.78 is 30.7. The van der Waals surface area contributed by atoms with E-state index in [2.05, 4.69) is 9.97 Å². The van der Waals surface area contributed by atoms with Crippen LogP contribution in [-0.2, 0) is 25.1 Å². The van der Waals surface area contributed by atoms with Gasteiger partial charge in [0, 0.05) is 5.56 Å². The third-order valence-electron chi connectivity index (χ3n) is 4.14. The van der Waals surface area contributed by atoms with Crippen molar-refractivity contribution in [2.45, 2.75) is 34.8 Å². The molecule has 0 aliphatic carbocycles. The fourth-order valence-electron chi connectivity index (χ4n) is 2.72. The van der Waals surface area contributed by atoms with Gasteiger partial charge in [-0.2, -0.15) is 0 Å². The lowest BCUT2D eigenvalue weighted by atomic mass is 10.2. The smallest absolute Gasteiger partial charge is 0.319 e. The molecule has 0 aliphatic rings. The molecule has 0 unspecified atom stereocenters. The molecule has 3 rings (SSSR count). The number of hydrogen-bond acceptors (Lipinski definition) is 7. The van der Waals surface area contributed by atoms with Crippen LogP contribution in [0, 0.1) is 0 Å². The normalized spacial score (nSPS) is 12.3. The molecule has 156 valence electrons. The molecular weight excluding hydrogens is 420 g/mol. The number of hydrogen-bond donors (Lipinski definition) is 0. The van der Waals surface area contributed by atoms with Gasteiger partial charge in [-0.3, -0.25) is 4.79 Å². The molecule has 1 atom stereocenters. The van der Waals surface area contributed by atoms with Crippen molar-refractivity contribution in [1.29, 1.82) is 0 Å². The van der Waals surface area contributed by atoms with Crippen LogP contribution in [0.2, 0.25) is 0 Å². The minimum Gasteiger partial charge on any atom is -0.465 e. The van der Waals surface area contributed by atoms with Crippen molar-refractivity contribution in [2.75, 3.05) is 6.61 Å². The molecular formula is C22H22N2O4S2. The van der Waals surface area contributed by atoms with Gasteiger partial charge in [-0.05, 0) is 32.0 Å². The molecule has 0 spiro atoms. The number of aromatic nitrogens is 2. The summed E-state index contributed by atoms with van der Waals surface area (Å²) in [5.74, 6) is -0.198. The monoisotopic (exact) mass is 442 g/mol. The second-order valence-electron chi connectivity index (χ2n) is 6.47. The van der Waals surface area contributed by atoms with E-state index in [4.69, 9.17) is 4.74 Å². The van der Waals surface area contributed by atoms with E-state index < -0.39 is 15.1 Å². The number of thioether (sulfide) groups is 1. The Hall–Kier alpha value is -2.71. The Bertz CT molecular complexity index is 1100. The van der Waals surface area contributed by atoms with Crippen LogP contribution in [0.25, 0.3) is 11.4 Å². The summed E-state index contributed by atoms with van der Waals surface area (Å²) in [4.78, 5) is 21.3. The first-order valence-corrected chi connectivity index (χ1v) is 12.0. The predicted molar refractivity (Wildman–Crippen MR) is 117 cm³/mol. The van der Waals surface area contributed by atoms with Crippen LogP contribution in [0.3, 0.4) is 0 Å². The molecule has 3 aromatic rings. The second-order valence-corrected chi connectivity index (χ2v) is 9.82. The standard InChI is InChI=1S/C22H22N2O4S2/c1-3-28-22(25)16(2)29-20-14-18(15-30(26,27)19-12-8-5-9-13-19)23-21(24-20)17-10-6-4-7-11-17/h4-14,16H,3,15H2,1-2H3/t16-/m0/s1. The molecule has 1 aromatic heterocycles. The lowest BCUT2D eigenvalue weighted by molar-refractivity contribution is -0.142. The maximum Gasteiger partial charge on any atom is 0.319 e. The molecule has 0 saturated carbocycles. The number of esters is 1. The van der Waals surface area contributed by atoms with Gasteiger partial charge < -0.3 is 4.74 Å². The largest absolute Gasteiger partial charge is 0.465 e. The number of ether oxygens (including phenoxy) is 1. The van der Waals surface area contributed by atoms with Crippen molar-refractivity contribution in [2.24, 2.45) is 0 Å². The third kappa shape index (κ3) is 5.67. The first-order valence-electron chi connectivity index (χ1n) is 9.43. The summed E-state index contributed by atoms with van der Waals surface area (Å²) in [6, 6.07) is 19.2. The summed E-state index contributed by atoms with van der Waals surface area (Å²) in [5.41, 5.74) is 1.13. The Morgan fingerprint density at radius 3 is 2.30 bits per heavy atom. The third-order valence-corrected chi connectivity index (χ3v) is 6.81. The van der Waals surface area contributed by atoms with Gasteiger partial charge in [-0.15, -0.1) is 0 Å². The molecule has 0 bridgehead atoms. The molecule has 1 heterocycles. The SMILES string of the molecule is CCOC(=O)[C@H](C)Sc1cc(CS(=O)(=O)c2ccccc2)nc(-c2ccccc2)n1. The zero-order chi connectivity index (χ0) is 21.6. The Labute approximate surface area is 180 Å². The maximum absolute atomic E-state index is 12.8. The predicted octanol–water partition coefficient (Wildman–Crippen LogP) is 4.16. The number of nitrogens with zero attached hydrogens (tertiary/aromatic N) is 2. The number of rotatable bonds is 8. The first-order chi connectivity index (χ1) is 14.4. The first kappa shape index (κ1) is 22.0. The Morgan fingerprint density at radius 1 is 1.03 bits per heavy atom. The maximum atomic E-state index is 12.8. The van der Waals surface area contributed by atoms with E-state index in [1.807, 2.05) is 30.3 Å². The lowest BCUT2D eigenvalue weighted by Gasteiger charge is -2.12. The fourth-order valence-corrected chi connectivity index (χ4v) is 4.86. The van der Waals surface area contributed by atoms with Crippen molar-refractivity contribution in [3.8, 4) is 11.4 Å². The van der Waals surface area contributed by atoms with Crippen LogP contribution < -0.4 is 0 Å². The molecule has 2 aromatic carbocycles. The summed E-state index contributed by atoms with van der Waals surface area (Å²) in [7, 11) is -3.57. The molecule has 0 aliphatic heterocycles. The van der Waals surface area contributed by atoms with E-state index in [-0.39, 0.29) is 16.6 Å². The highest BCUT2D eigenvalue weighted by Crippen LogP contribution is 2.27. The number of carbonyl (C=O) groups is 1. The summed E-state index contributed by atoms with van der Waals surface area (Å²) in [5, 5.41) is 0.0321. The van der Waals surface area contributed by atoms with Gasteiger partial charge in [0.25, 0.3) is 0 Å². The van der Waals surface area contributed by atoms with E-state index in [9.17, 15) is 13.2 Å². The number of sulfone groups is 1. The van der Waals surface area contributed by atoms with Gasteiger partial charge in [-0.25, -0.2) is 18.4 Å². The van der Waals surface area contributed by atoms with Gasteiger partial charge >= 0.3 is 5.97 Å². The molecule has 0 amide bonds. The summed E-state index contributed by atoms with van der Waals surface area (Å²) in [6.45, 7) is 3.77. The fraction of sp³-hybridized carbons (Fsp3) is 0.227.